The van der Waals surface area contributed by atoms with E-state index in [9.17, 15) is 14.0 Å². The van der Waals surface area contributed by atoms with Gasteiger partial charge < -0.3 is 9.80 Å². The molecule has 1 aliphatic heterocycles. The average molecular weight is 374 g/mol. The van der Waals surface area contributed by atoms with E-state index in [0.717, 1.165) is 12.8 Å². The topological polar surface area (TPSA) is 40.6 Å². The minimum Gasteiger partial charge on any atom is -0.366 e. The predicted octanol–water partition coefficient (Wildman–Crippen LogP) is 3.76. The van der Waals surface area contributed by atoms with Gasteiger partial charge in [0.2, 0.25) is 5.91 Å². The van der Waals surface area contributed by atoms with Crippen molar-refractivity contribution in [3.63, 3.8) is 0 Å². The van der Waals surface area contributed by atoms with E-state index in [-0.39, 0.29) is 17.5 Å². The molecule has 0 spiro atoms. The van der Waals surface area contributed by atoms with Crippen molar-refractivity contribution in [2.75, 3.05) is 31.1 Å². The summed E-state index contributed by atoms with van der Waals surface area (Å²) in [6.45, 7) is 3.84. The Morgan fingerprint density at radius 1 is 1.15 bits per heavy atom. The molecule has 0 aliphatic carbocycles. The van der Waals surface area contributed by atoms with Crippen LogP contribution in [0, 0.1) is 5.82 Å². The molecule has 1 fully saturated rings. The number of Topliss-reactive ketones (excluding diaryl/α,β-unsaturated/α-hetero) is 1. The first kappa shape index (κ1) is 18.6. The SMILES string of the molecule is CC(=O)c1ccc(N2CCN(C(=O)CCCc3cccs3)CC2)c(F)c1. The highest BCUT2D eigenvalue weighted by Gasteiger charge is 2.22. The summed E-state index contributed by atoms with van der Waals surface area (Å²) in [6.07, 6.45) is 2.36. The minimum absolute atomic E-state index is 0.145. The second-order valence-electron chi connectivity index (χ2n) is 6.52. The van der Waals surface area contributed by atoms with Crippen molar-refractivity contribution in [1.29, 1.82) is 0 Å². The Balaban J connectivity index is 1.49. The largest absolute Gasteiger partial charge is 0.366 e. The Kier molecular flexibility index (Phi) is 6.04. The number of piperazine rings is 1. The van der Waals surface area contributed by atoms with Crippen molar-refractivity contribution in [3.8, 4) is 0 Å². The van der Waals surface area contributed by atoms with Crippen LogP contribution in [0.15, 0.2) is 35.7 Å². The number of benzene rings is 1. The van der Waals surface area contributed by atoms with Gasteiger partial charge in [0.25, 0.3) is 0 Å². The molecule has 26 heavy (non-hydrogen) atoms. The summed E-state index contributed by atoms with van der Waals surface area (Å²) in [6, 6.07) is 8.73. The van der Waals surface area contributed by atoms with Gasteiger partial charge in [-0.2, -0.15) is 0 Å². The van der Waals surface area contributed by atoms with Crippen LogP contribution in [0.1, 0.15) is 35.0 Å². The molecule has 1 aromatic carbocycles. The van der Waals surface area contributed by atoms with Gasteiger partial charge in [-0.1, -0.05) is 6.07 Å². The number of halogens is 1. The fourth-order valence-corrected chi connectivity index (χ4v) is 3.96. The number of hydrogen-bond donors (Lipinski definition) is 0. The second-order valence-corrected chi connectivity index (χ2v) is 7.56. The van der Waals surface area contributed by atoms with E-state index in [2.05, 4.69) is 11.4 Å². The molecule has 1 aromatic heterocycles. The van der Waals surface area contributed by atoms with Gasteiger partial charge in [0, 0.05) is 43.0 Å². The van der Waals surface area contributed by atoms with Crippen LogP contribution in [0.5, 0.6) is 0 Å². The van der Waals surface area contributed by atoms with E-state index in [1.165, 1.54) is 17.9 Å². The molecular formula is C20H23FN2O2S. The van der Waals surface area contributed by atoms with Crippen LogP contribution in [-0.2, 0) is 11.2 Å². The van der Waals surface area contributed by atoms with Crippen LogP contribution in [-0.4, -0.2) is 42.8 Å². The lowest BCUT2D eigenvalue weighted by Crippen LogP contribution is -2.49. The molecule has 2 heterocycles. The molecule has 0 radical (unpaired) electrons. The molecule has 0 saturated carbocycles. The van der Waals surface area contributed by atoms with Gasteiger partial charge in [-0.3, -0.25) is 9.59 Å². The van der Waals surface area contributed by atoms with Gasteiger partial charge in [0.1, 0.15) is 5.82 Å². The maximum atomic E-state index is 14.3. The van der Waals surface area contributed by atoms with Gasteiger partial charge in [-0.15, -0.1) is 11.3 Å². The van der Waals surface area contributed by atoms with Gasteiger partial charge in [0.05, 0.1) is 5.69 Å². The van der Waals surface area contributed by atoms with Crippen LogP contribution in [0.3, 0.4) is 0 Å². The normalized spacial score (nSPS) is 14.5. The number of anilines is 1. The number of thiophene rings is 1. The fourth-order valence-electron chi connectivity index (χ4n) is 3.21. The first-order valence-electron chi connectivity index (χ1n) is 8.90. The van der Waals surface area contributed by atoms with Crippen molar-refractivity contribution < 1.29 is 14.0 Å². The maximum absolute atomic E-state index is 14.3. The van der Waals surface area contributed by atoms with Crippen LogP contribution >= 0.6 is 11.3 Å². The third kappa shape index (κ3) is 4.49. The molecule has 2 aromatic rings. The standard InChI is InChI=1S/C20H23FN2O2S/c1-15(24)16-7-8-19(18(21)14-16)22-9-11-23(12-10-22)20(25)6-2-4-17-5-3-13-26-17/h3,5,7-8,13-14H,2,4,6,9-12H2,1H3. The van der Waals surface area contributed by atoms with E-state index in [0.29, 0.717) is 43.9 Å². The van der Waals surface area contributed by atoms with E-state index in [4.69, 9.17) is 0 Å². The summed E-state index contributed by atoms with van der Waals surface area (Å²) >= 11 is 1.72. The highest BCUT2D eigenvalue weighted by molar-refractivity contribution is 7.09. The summed E-state index contributed by atoms with van der Waals surface area (Å²) in [5.41, 5.74) is 0.880. The summed E-state index contributed by atoms with van der Waals surface area (Å²) in [4.78, 5) is 28.8. The molecular weight excluding hydrogens is 351 g/mol. The number of nitrogens with zero attached hydrogens (tertiary/aromatic N) is 2. The Labute approximate surface area is 157 Å². The van der Waals surface area contributed by atoms with E-state index in [1.54, 1.807) is 23.5 Å². The molecule has 0 unspecified atom stereocenters. The lowest BCUT2D eigenvalue weighted by atomic mass is 10.1. The fraction of sp³-hybridized carbons (Fsp3) is 0.400. The third-order valence-corrected chi connectivity index (χ3v) is 5.66. The van der Waals surface area contributed by atoms with Crippen molar-refractivity contribution >= 4 is 28.7 Å². The van der Waals surface area contributed by atoms with E-state index in [1.807, 2.05) is 15.9 Å². The smallest absolute Gasteiger partial charge is 0.222 e. The van der Waals surface area contributed by atoms with Gasteiger partial charge in [-0.05, 0) is 49.4 Å². The zero-order valence-corrected chi connectivity index (χ0v) is 15.7. The van der Waals surface area contributed by atoms with E-state index >= 15 is 0 Å². The first-order chi connectivity index (χ1) is 12.5. The molecule has 0 bridgehead atoms. The highest BCUT2D eigenvalue weighted by atomic mass is 32.1. The van der Waals surface area contributed by atoms with Crippen molar-refractivity contribution in [2.24, 2.45) is 0 Å². The maximum Gasteiger partial charge on any atom is 0.222 e. The van der Waals surface area contributed by atoms with E-state index < -0.39 is 0 Å². The molecule has 138 valence electrons. The number of ketones is 1. The molecule has 3 rings (SSSR count). The monoisotopic (exact) mass is 374 g/mol. The zero-order chi connectivity index (χ0) is 18.5. The highest BCUT2D eigenvalue weighted by Crippen LogP contribution is 2.22. The van der Waals surface area contributed by atoms with Crippen molar-refractivity contribution in [3.05, 3.63) is 52.0 Å². The van der Waals surface area contributed by atoms with Gasteiger partial charge in [-0.25, -0.2) is 4.39 Å². The Bertz CT molecular complexity index is 768. The Morgan fingerprint density at radius 2 is 1.92 bits per heavy atom. The lowest BCUT2D eigenvalue weighted by molar-refractivity contribution is -0.131. The molecule has 1 amide bonds. The molecule has 1 aliphatic rings. The van der Waals surface area contributed by atoms with Gasteiger partial charge >= 0.3 is 0 Å². The summed E-state index contributed by atoms with van der Waals surface area (Å²) in [7, 11) is 0. The number of carbonyl (C=O) groups excluding carboxylic acids is 2. The van der Waals surface area contributed by atoms with Crippen LogP contribution in [0.2, 0.25) is 0 Å². The predicted molar refractivity (Wildman–Crippen MR) is 102 cm³/mol. The number of hydrogen-bond acceptors (Lipinski definition) is 4. The van der Waals surface area contributed by atoms with Crippen molar-refractivity contribution in [1.82, 2.24) is 4.90 Å². The second kappa shape index (κ2) is 8.45. The molecule has 0 N–H and O–H groups in total. The molecule has 6 heteroatoms. The van der Waals surface area contributed by atoms with Crippen LogP contribution in [0.25, 0.3) is 0 Å². The zero-order valence-electron chi connectivity index (χ0n) is 14.9. The Morgan fingerprint density at radius 3 is 2.54 bits per heavy atom. The van der Waals surface area contributed by atoms with Crippen molar-refractivity contribution in [2.45, 2.75) is 26.2 Å². The number of amides is 1. The lowest BCUT2D eigenvalue weighted by Gasteiger charge is -2.36. The quantitative estimate of drug-likeness (QED) is 0.723. The van der Waals surface area contributed by atoms with Crippen LogP contribution in [0.4, 0.5) is 10.1 Å². The number of rotatable bonds is 6. The number of aryl methyl sites for hydroxylation is 1. The average Bonchev–Trinajstić information content (AvgIpc) is 3.15. The summed E-state index contributed by atoms with van der Waals surface area (Å²) in [5.74, 6) is -0.351. The first-order valence-corrected chi connectivity index (χ1v) is 9.78. The third-order valence-electron chi connectivity index (χ3n) is 4.72. The number of carbonyl (C=O) groups is 2. The summed E-state index contributed by atoms with van der Waals surface area (Å²) < 4.78 is 14.3. The van der Waals surface area contributed by atoms with Gasteiger partial charge in [0.15, 0.2) is 5.78 Å². The Hall–Kier alpha value is -2.21. The molecule has 0 atom stereocenters. The van der Waals surface area contributed by atoms with Crippen LogP contribution < -0.4 is 4.90 Å². The molecule has 1 saturated heterocycles. The minimum atomic E-state index is -0.381. The molecule has 4 nitrogen and oxygen atoms in total. The summed E-state index contributed by atoms with van der Waals surface area (Å²) in [5, 5.41) is 2.05.